The van der Waals surface area contributed by atoms with Crippen LogP contribution in [0.2, 0.25) is 0 Å². The Hall–Kier alpha value is -0.330. The highest BCUT2D eigenvalue weighted by Gasteiger charge is 2.26. The average Bonchev–Trinajstić information content (AvgIpc) is 2.44. The molecule has 0 N–H and O–H groups in total. The molecule has 0 spiro atoms. The fourth-order valence-electron chi connectivity index (χ4n) is 0.733. The van der Waals surface area contributed by atoms with Gasteiger partial charge in [-0.05, 0) is 18.8 Å². The summed E-state index contributed by atoms with van der Waals surface area (Å²) in [6.07, 6.45) is 3.61. The molecule has 0 aromatic heterocycles. The van der Waals surface area contributed by atoms with Crippen molar-refractivity contribution in [3.8, 4) is 0 Å². The summed E-state index contributed by atoms with van der Waals surface area (Å²) in [7, 11) is 0. The standard InChI is InChI=1S/C6H10O/c1-5(4-7)6-2-3-6/h4-6H,2-3H2,1H3. The molecule has 1 nitrogen and oxygen atoms in total. The Labute approximate surface area is 43.7 Å². The van der Waals surface area contributed by atoms with E-state index in [-0.39, 0.29) is 0 Å². The van der Waals surface area contributed by atoms with E-state index in [1.165, 1.54) is 12.8 Å². The molecule has 1 unspecified atom stereocenters. The topological polar surface area (TPSA) is 17.1 Å². The van der Waals surface area contributed by atoms with Crippen LogP contribution in [0.1, 0.15) is 19.8 Å². The van der Waals surface area contributed by atoms with Crippen LogP contribution in [-0.4, -0.2) is 6.29 Å². The first-order valence-electron chi connectivity index (χ1n) is 2.80. The first kappa shape index (κ1) is 4.82. The van der Waals surface area contributed by atoms with Crippen LogP contribution in [0.4, 0.5) is 0 Å². The molecule has 1 heteroatoms. The predicted molar refractivity (Wildman–Crippen MR) is 28.0 cm³/mol. The molecule has 0 aromatic rings. The minimum atomic E-state index is 0.333. The number of carbonyl (C=O) groups is 1. The van der Waals surface area contributed by atoms with Crippen molar-refractivity contribution in [3.63, 3.8) is 0 Å². The van der Waals surface area contributed by atoms with Gasteiger partial charge in [-0.3, -0.25) is 0 Å². The third kappa shape index (κ3) is 1.02. The van der Waals surface area contributed by atoms with Gasteiger partial charge in [-0.1, -0.05) is 6.92 Å². The summed E-state index contributed by atoms with van der Waals surface area (Å²) in [5.74, 6) is 1.08. The Morgan fingerprint density at radius 3 is 2.43 bits per heavy atom. The molecule has 1 rings (SSSR count). The van der Waals surface area contributed by atoms with E-state index >= 15 is 0 Å². The summed E-state index contributed by atoms with van der Waals surface area (Å²) in [6, 6.07) is 0. The highest BCUT2D eigenvalue weighted by molar-refractivity contribution is 5.53. The van der Waals surface area contributed by atoms with Crippen molar-refractivity contribution in [3.05, 3.63) is 0 Å². The predicted octanol–water partition coefficient (Wildman–Crippen LogP) is 1.23. The van der Waals surface area contributed by atoms with Crippen LogP contribution in [0.5, 0.6) is 0 Å². The Morgan fingerprint density at radius 1 is 1.71 bits per heavy atom. The van der Waals surface area contributed by atoms with Gasteiger partial charge in [-0.15, -0.1) is 0 Å². The van der Waals surface area contributed by atoms with E-state index in [1.54, 1.807) is 0 Å². The number of hydrogen-bond donors (Lipinski definition) is 0. The van der Waals surface area contributed by atoms with E-state index in [0.29, 0.717) is 5.92 Å². The van der Waals surface area contributed by atoms with Gasteiger partial charge < -0.3 is 4.79 Å². The van der Waals surface area contributed by atoms with E-state index in [2.05, 4.69) is 0 Å². The molecule has 1 aliphatic rings. The van der Waals surface area contributed by atoms with E-state index in [9.17, 15) is 4.79 Å². The third-order valence-electron chi connectivity index (χ3n) is 1.58. The summed E-state index contributed by atoms with van der Waals surface area (Å²) < 4.78 is 0. The van der Waals surface area contributed by atoms with Crippen molar-refractivity contribution in [2.45, 2.75) is 19.8 Å². The van der Waals surface area contributed by atoms with Gasteiger partial charge in [0.15, 0.2) is 0 Å². The molecule has 1 atom stereocenters. The second-order valence-electron chi connectivity index (χ2n) is 2.33. The first-order chi connectivity index (χ1) is 3.34. The van der Waals surface area contributed by atoms with Gasteiger partial charge in [0.1, 0.15) is 6.29 Å². The highest BCUT2D eigenvalue weighted by atomic mass is 16.1. The molecule has 1 fully saturated rings. The van der Waals surface area contributed by atoms with E-state index in [4.69, 9.17) is 0 Å². The van der Waals surface area contributed by atoms with Crippen LogP contribution in [0.3, 0.4) is 0 Å². The lowest BCUT2D eigenvalue weighted by Crippen LogP contribution is -1.95. The van der Waals surface area contributed by atoms with Crippen molar-refractivity contribution in [2.24, 2.45) is 11.8 Å². The first-order valence-corrected chi connectivity index (χ1v) is 2.80. The quantitative estimate of drug-likeness (QED) is 0.475. The second-order valence-corrected chi connectivity index (χ2v) is 2.33. The minimum absolute atomic E-state index is 0.333. The lowest BCUT2D eigenvalue weighted by Gasteiger charge is -1.93. The number of hydrogen-bond acceptors (Lipinski definition) is 1. The van der Waals surface area contributed by atoms with Gasteiger partial charge in [0.25, 0.3) is 0 Å². The second kappa shape index (κ2) is 1.65. The summed E-state index contributed by atoms with van der Waals surface area (Å²) in [5, 5.41) is 0. The van der Waals surface area contributed by atoms with Gasteiger partial charge >= 0.3 is 0 Å². The Balaban J connectivity index is 2.22. The maximum Gasteiger partial charge on any atom is 0.123 e. The molecule has 0 aliphatic heterocycles. The van der Waals surface area contributed by atoms with Crippen molar-refractivity contribution >= 4 is 6.29 Å². The molecular formula is C6H10O. The lowest BCUT2D eigenvalue weighted by molar-refractivity contribution is -0.111. The van der Waals surface area contributed by atoms with Crippen molar-refractivity contribution in [1.29, 1.82) is 0 Å². The van der Waals surface area contributed by atoms with Gasteiger partial charge in [0.05, 0.1) is 0 Å². The van der Waals surface area contributed by atoms with Crippen molar-refractivity contribution < 1.29 is 4.79 Å². The Morgan fingerprint density at radius 2 is 2.29 bits per heavy atom. The van der Waals surface area contributed by atoms with E-state index in [1.807, 2.05) is 6.92 Å². The van der Waals surface area contributed by atoms with Crippen LogP contribution >= 0.6 is 0 Å². The molecule has 0 heterocycles. The molecule has 1 aliphatic carbocycles. The van der Waals surface area contributed by atoms with E-state index in [0.717, 1.165) is 12.2 Å². The monoisotopic (exact) mass is 98.1 g/mol. The van der Waals surface area contributed by atoms with Crippen molar-refractivity contribution in [2.75, 3.05) is 0 Å². The summed E-state index contributed by atoms with van der Waals surface area (Å²) >= 11 is 0. The zero-order chi connectivity index (χ0) is 5.28. The van der Waals surface area contributed by atoms with Gasteiger partial charge in [-0.2, -0.15) is 0 Å². The zero-order valence-electron chi connectivity index (χ0n) is 4.55. The molecule has 0 saturated heterocycles. The fourth-order valence-corrected chi connectivity index (χ4v) is 0.733. The molecule has 0 radical (unpaired) electrons. The molecule has 7 heavy (non-hydrogen) atoms. The molecule has 40 valence electrons. The molecule has 0 aromatic carbocycles. The zero-order valence-corrected chi connectivity index (χ0v) is 4.55. The molecular weight excluding hydrogens is 88.1 g/mol. The third-order valence-corrected chi connectivity index (χ3v) is 1.58. The summed E-state index contributed by atoms with van der Waals surface area (Å²) in [6.45, 7) is 1.99. The van der Waals surface area contributed by atoms with Crippen LogP contribution in [0.25, 0.3) is 0 Å². The van der Waals surface area contributed by atoms with Crippen LogP contribution < -0.4 is 0 Å². The Kier molecular flexibility index (Phi) is 1.13. The van der Waals surface area contributed by atoms with Crippen molar-refractivity contribution in [1.82, 2.24) is 0 Å². The normalized spacial score (nSPS) is 24.1. The average molecular weight is 98.1 g/mol. The molecule has 0 bridgehead atoms. The van der Waals surface area contributed by atoms with Gasteiger partial charge in [0, 0.05) is 5.92 Å². The fraction of sp³-hybridized carbons (Fsp3) is 0.833. The Bertz CT molecular complexity index is 74.2. The summed E-state index contributed by atoms with van der Waals surface area (Å²) in [4.78, 5) is 9.99. The largest absolute Gasteiger partial charge is 0.303 e. The SMILES string of the molecule is CC(C=O)C1CC1. The van der Waals surface area contributed by atoms with Gasteiger partial charge in [-0.25, -0.2) is 0 Å². The maximum absolute atomic E-state index is 9.99. The molecule has 1 saturated carbocycles. The smallest absolute Gasteiger partial charge is 0.123 e. The highest BCUT2D eigenvalue weighted by Crippen LogP contribution is 2.35. The number of carbonyl (C=O) groups excluding carboxylic acids is 1. The molecule has 0 amide bonds. The van der Waals surface area contributed by atoms with Crippen LogP contribution in [0, 0.1) is 11.8 Å². The number of rotatable bonds is 2. The van der Waals surface area contributed by atoms with E-state index < -0.39 is 0 Å². The minimum Gasteiger partial charge on any atom is -0.303 e. The van der Waals surface area contributed by atoms with Gasteiger partial charge in [0.2, 0.25) is 0 Å². The maximum atomic E-state index is 9.99. The lowest BCUT2D eigenvalue weighted by atomic mass is 10.1. The summed E-state index contributed by atoms with van der Waals surface area (Å²) in [5.41, 5.74) is 0. The van der Waals surface area contributed by atoms with Crippen LogP contribution in [0.15, 0.2) is 0 Å². The van der Waals surface area contributed by atoms with Crippen LogP contribution in [-0.2, 0) is 4.79 Å². The number of aldehydes is 1.